The molecule has 0 fully saturated rings. The average Bonchev–Trinajstić information content (AvgIpc) is 2.54. The molecule has 0 spiro atoms. The highest BCUT2D eigenvalue weighted by molar-refractivity contribution is 7.99. The first kappa shape index (κ1) is 15.1. The van der Waals surface area contributed by atoms with E-state index in [1.54, 1.807) is 24.2 Å². The smallest absolute Gasteiger partial charge is 0.163 e. The Morgan fingerprint density at radius 3 is 2.95 bits per heavy atom. The Balaban J connectivity index is 0.00000144. The van der Waals surface area contributed by atoms with Crippen molar-refractivity contribution in [2.75, 3.05) is 18.4 Å². The first-order valence-electron chi connectivity index (χ1n) is 7.04. The van der Waals surface area contributed by atoms with Crippen molar-refractivity contribution in [3.63, 3.8) is 0 Å². The fourth-order valence-electron chi connectivity index (χ4n) is 2.48. The summed E-state index contributed by atoms with van der Waals surface area (Å²) in [5, 5.41) is 7.66. The van der Waals surface area contributed by atoms with E-state index in [9.17, 15) is 0 Å². The minimum absolute atomic E-state index is 0. The van der Waals surface area contributed by atoms with Crippen LogP contribution in [0, 0.1) is 0 Å². The minimum Gasteiger partial charge on any atom is -0.373 e. The Bertz CT molecular complexity index is 719. The lowest BCUT2D eigenvalue weighted by molar-refractivity contribution is 0.731. The van der Waals surface area contributed by atoms with Crippen LogP contribution in [-0.2, 0) is 6.42 Å². The van der Waals surface area contributed by atoms with Gasteiger partial charge in [0.15, 0.2) is 5.82 Å². The van der Waals surface area contributed by atoms with Crippen LogP contribution in [0.25, 0.3) is 0 Å². The van der Waals surface area contributed by atoms with Crippen LogP contribution in [0.5, 0.6) is 0 Å². The molecule has 3 heterocycles. The van der Waals surface area contributed by atoms with Gasteiger partial charge in [-0.15, -0.1) is 12.4 Å². The molecule has 0 atom stereocenters. The molecule has 0 amide bonds. The lowest BCUT2D eigenvalue weighted by Crippen LogP contribution is -2.30. The van der Waals surface area contributed by atoms with E-state index in [0.717, 1.165) is 48.3 Å². The Labute approximate surface area is 139 Å². The van der Waals surface area contributed by atoms with Crippen molar-refractivity contribution in [1.82, 2.24) is 15.3 Å². The normalized spacial score (nSPS) is 15.4. The molecule has 1 aromatic heterocycles. The summed E-state index contributed by atoms with van der Waals surface area (Å²) in [6, 6.07) is 6.48. The summed E-state index contributed by atoms with van der Waals surface area (Å²) in [6.45, 7) is 1.96. The fraction of sp³-hybridized carbons (Fsp3) is 0.267. The van der Waals surface area contributed by atoms with Crippen LogP contribution >= 0.6 is 24.2 Å². The summed E-state index contributed by atoms with van der Waals surface area (Å²) in [5.41, 5.74) is 2.35. The molecule has 5 nitrogen and oxygen atoms in total. The van der Waals surface area contributed by atoms with Gasteiger partial charge in [0.05, 0.1) is 5.69 Å². The molecule has 2 N–H and O–H groups in total. The van der Waals surface area contributed by atoms with Gasteiger partial charge in [-0.2, -0.15) is 0 Å². The van der Waals surface area contributed by atoms with E-state index in [2.05, 4.69) is 43.8 Å². The van der Waals surface area contributed by atoms with Crippen molar-refractivity contribution in [3.8, 4) is 0 Å². The summed E-state index contributed by atoms with van der Waals surface area (Å²) in [4.78, 5) is 14.4. The van der Waals surface area contributed by atoms with Gasteiger partial charge in [0.25, 0.3) is 0 Å². The van der Waals surface area contributed by atoms with E-state index in [4.69, 9.17) is 0 Å². The maximum absolute atomic E-state index is 4.53. The topological polar surface area (TPSA) is 62.2 Å². The van der Waals surface area contributed by atoms with Crippen LogP contribution in [0.3, 0.4) is 0 Å². The highest BCUT2D eigenvalue weighted by Gasteiger charge is 2.18. The van der Waals surface area contributed by atoms with Crippen LogP contribution in [0.4, 0.5) is 11.5 Å². The van der Waals surface area contributed by atoms with Gasteiger partial charge in [-0.25, -0.2) is 9.97 Å². The van der Waals surface area contributed by atoms with Gasteiger partial charge in [0.1, 0.15) is 10.9 Å². The van der Waals surface area contributed by atoms with Gasteiger partial charge in [-0.1, -0.05) is 17.8 Å². The van der Waals surface area contributed by atoms with Crippen LogP contribution < -0.4 is 10.6 Å². The number of amidine groups is 1. The molecule has 114 valence electrons. The largest absolute Gasteiger partial charge is 0.373 e. The van der Waals surface area contributed by atoms with Crippen molar-refractivity contribution in [2.24, 2.45) is 4.99 Å². The third-order valence-electron chi connectivity index (χ3n) is 3.51. The Hall–Kier alpha value is -1.79. The molecule has 0 radical (unpaired) electrons. The average molecular weight is 334 g/mol. The molecule has 2 aromatic rings. The predicted octanol–water partition coefficient (Wildman–Crippen LogP) is 3.04. The quantitative estimate of drug-likeness (QED) is 0.754. The maximum Gasteiger partial charge on any atom is 0.163 e. The Kier molecular flexibility index (Phi) is 4.49. The number of hydrogen-bond acceptors (Lipinski definition) is 6. The number of aromatic nitrogens is 2. The van der Waals surface area contributed by atoms with Crippen LogP contribution in [0.15, 0.2) is 45.5 Å². The lowest BCUT2D eigenvalue weighted by atomic mass is 10.1. The molecule has 2 aliphatic rings. The predicted molar refractivity (Wildman–Crippen MR) is 91.8 cm³/mol. The van der Waals surface area contributed by atoms with Gasteiger partial charge >= 0.3 is 0 Å². The van der Waals surface area contributed by atoms with Gasteiger partial charge in [0.2, 0.25) is 0 Å². The highest BCUT2D eigenvalue weighted by atomic mass is 35.5. The number of halogens is 1. The summed E-state index contributed by atoms with van der Waals surface area (Å²) >= 11 is 1.66. The first-order chi connectivity index (χ1) is 10.4. The molecule has 0 bridgehead atoms. The van der Waals surface area contributed by atoms with E-state index in [-0.39, 0.29) is 12.4 Å². The number of fused-ring (bicyclic) bond motifs is 2. The van der Waals surface area contributed by atoms with Gasteiger partial charge in [0, 0.05) is 36.8 Å². The molecule has 0 saturated heterocycles. The highest BCUT2D eigenvalue weighted by Crippen LogP contribution is 2.41. The van der Waals surface area contributed by atoms with Gasteiger partial charge < -0.3 is 10.6 Å². The van der Waals surface area contributed by atoms with Crippen molar-refractivity contribution in [1.29, 1.82) is 0 Å². The molecule has 0 saturated carbocycles. The Morgan fingerprint density at radius 1 is 1.18 bits per heavy atom. The van der Waals surface area contributed by atoms with Crippen LogP contribution in [0.1, 0.15) is 12.0 Å². The van der Waals surface area contributed by atoms with Crippen molar-refractivity contribution in [3.05, 3.63) is 36.2 Å². The zero-order chi connectivity index (χ0) is 14.1. The van der Waals surface area contributed by atoms with E-state index in [1.807, 2.05) is 0 Å². The minimum atomic E-state index is 0. The molecule has 7 heteroatoms. The van der Waals surface area contributed by atoms with Crippen molar-refractivity contribution in [2.45, 2.75) is 22.8 Å². The summed E-state index contributed by atoms with van der Waals surface area (Å²) < 4.78 is 0. The maximum atomic E-state index is 4.53. The standard InChI is InChI=1S/C15H15N5S.ClH/c1-4-16-13(17-5-1)9-10-2-3-12-11(8-10)20-14-15(21-12)19-7-6-18-14;/h2-3,6-8H,1,4-5,9H2,(H,16,17)(H,18,20);1H. The van der Waals surface area contributed by atoms with E-state index >= 15 is 0 Å². The number of benzene rings is 1. The number of nitrogens with one attached hydrogen (secondary N) is 2. The number of anilines is 2. The summed E-state index contributed by atoms with van der Waals surface area (Å²) in [6.07, 6.45) is 5.41. The molecule has 0 unspecified atom stereocenters. The van der Waals surface area contributed by atoms with Crippen LogP contribution in [-0.4, -0.2) is 28.9 Å². The second-order valence-electron chi connectivity index (χ2n) is 5.05. The van der Waals surface area contributed by atoms with Crippen molar-refractivity contribution >= 4 is 41.5 Å². The third kappa shape index (κ3) is 3.03. The van der Waals surface area contributed by atoms with Crippen LogP contribution in [0.2, 0.25) is 0 Å². The van der Waals surface area contributed by atoms with E-state index in [0.29, 0.717) is 0 Å². The molecule has 0 aliphatic carbocycles. The molecule has 22 heavy (non-hydrogen) atoms. The fourth-order valence-corrected chi connectivity index (χ4v) is 3.36. The number of rotatable bonds is 2. The number of hydrogen-bond donors (Lipinski definition) is 2. The van der Waals surface area contributed by atoms with Gasteiger partial charge in [-0.3, -0.25) is 4.99 Å². The van der Waals surface area contributed by atoms with E-state index in [1.165, 1.54) is 10.5 Å². The third-order valence-corrected chi connectivity index (χ3v) is 4.57. The summed E-state index contributed by atoms with van der Waals surface area (Å²) in [7, 11) is 0. The molecule has 1 aromatic carbocycles. The Morgan fingerprint density at radius 2 is 2.09 bits per heavy atom. The van der Waals surface area contributed by atoms with Gasteiger partial charge in [-0.05, 0) is 24.1 Å². The van der Waals surface area contributed by atoms with E-state index < -0.39 is 0 Å². The summed E-state index contributed by atoms with van der Waals surface area (Å²) in [5.74, 6) is 1.92. The zero-order valence-electron chi connectivity index (χ0n) is 11.9. The van der Waals surface area contributed by atoms with Crippen molar-refractivity contribution < 1.29 is 0 Å². The molecule has 2 aliphatic heterocycles. The SMILES string of the molecule is Cl.c1cnc2c(n1)Nc1cc(CC3=NCCCN3)ccc1S2. The molecule has 4 rings (SSSR count). The zero-order valence-corrected chi connectivity index (χ0v) is 13.5. The number of aliphatic imine (C=N–C) groups is 1. The second-order valence-corrected chi connectivity index (χ2v) is 6.08. The second kappa shape index (κ2) is 6.54. The molecular formula is C15H16ClN5S. The monoisotopic (exact) mass is 333 g/mol. The molecular weight excluding hydrogens is 318 g/mol. The first-order valence-corrected chi connectivity index (χ1v) is 7.86. The lowest BCUT2D eigenvalue weighted by Gasteiger charge is -2.20. The number of nitrogens with zero attached hydrogens (tertiary/aromatic N) is 3.